The van der Waals surface area contributed by atoms with Gasteiger partial charge in [0.15, 0.2) is 0 Å². The summed E-state index contributed by atoms with van der Waals surface area (Å²) >= 11 is 0. The van der Waals surface area contributed by atoms with Gasteiger partial charge < -0.3 is 20.1 Å². The van der Waals surface area contributed by atoms with Crippen molar-refractivity contribution in [2.75, 3.05) is 19.6 Å². The fraction of sp³-hybridized carbons (Fsp3) is 0.895. The number of hydrogen-bond donors (Lipinski definition) is 2. The topological polar surface area (TPSA) is 73.7 Å². The number of quaternary nitrogens is 1. The highest BCUT2D eigenvalue weighted by molar-refractivity contribution is 5.77. The maximum atomic E-state index is 12.4. The Morgan fingerprint density at radius 3 is 2.58 bits per heavy atom. The van der Waals surface area contributed by atoms with Gasteiger partial charge in [0.1, 0.15) is 6.04 Å². The first-order valence-electron chi connectivity index (χ1n) is 9.82. The van der Waals surface area contributed by atoms with Crippen LogP contribution >= 0.6 is 0 Å². The van der Waals surface area contributed by atoms with Gasteiger partial charge in [-0.3, -0.25) is 4.79 Å². The Hall–Kier alpha value is -1.10. The van der Waals surface area contributed by atoms with Gasteiger partial charge in [0.05, 0.1) is 19.6 Å². The molecule has 0 spiro atoms. The molecule has 0 aromatic rings. The zero-order valence-electron chi connectivity index (χ0n) is 14.9. The summed E-state index contributed by atoms with van der Waals surface area (Å²) in [6, 6.07) is 0.552. The third-order valence-electron chi connectivity index (χ3n) is 6.98. The fourth-order valence-corrected chi connectivity index (χ4v) is 5.62. The smallest absolute Gasteiger partial charge is 0.220 e. The van der Waals surface area contributed by atoms with Crippen LogP contribution in [0.1, 0.15) is 64.7 Å². The highest BCUT2D eigenvalue weighted by atomic mass is 16.4. The zero-order valence-corrected chi connectivity index (χ0v) is 14.9. The quantitative estimate of drug-likeness (QED) is 0.682. The van der Waals surface area contributed by atoms with E-state index in [1.807, 2.05) is 0 Å². The Kier molecular flexibility index (Phi) is 5.48. The molecule has 5 nitrogen and oxygen atoms in total. The molecule has 136 valence electrons. The Morgan fingerprint density at radius 2 is 2.00 bits per heavy atom. The second kappa shape index (κ2) is 7.42. The van der Waals surface area contributed by atoms with Gasteiger partial charge in [-0.2, -0.15) is 0 Å². The number of nitrogens with one attached hydrogen (secondary N) is 2. The number of fused-ring (bicyclic) bond motifs is 3. The Balaban J connectivity index is 1.48. The number of carboxylic acid groups (broad SMARTS) is 1. The van der Waals surface area contributed by atoms with Gasteiger partial charge in [-0.1, -0.05) is 19.8 Å². The molecule has 1 aliphatic carbocycles. The lowest BCUT2D eigenvalue weighted by atomic mass is 9.74. The van der Waals surface area contributed by atoms with E-state index in [9.17, 15) is 14.7 Å². The maximum absolute atomic E-state index is 12.4. The number of amides is 1. The van der Waals surface area contributed by atoms with Crippen molar-refractivity contribution < 1.29 is 19.6 Å². The predicted octanol–water partition coefficient (Wildman–Crippen LogP) is -0.104. The highest BCUT2D eigenvalue weighted by Crippen LogP contribution is 2.43. The average molecular weight is 336 g/mol. The van der Waals surface area contributed by atoms with Crippen LogP contribution in [0.2, 0.25) is 0 Å². The van der Waals surface area contributed by atoms with Crippen molar-refractivity contribution >= 4 is 11.9 Å². The molecule has 4 rings (SSSR count). The second-order valence-electron chi connectivity index (χ2n) is 8.50. The van der Waals surface area contributed by atoms with Crippen LogP contribution in [0.25, 0.3) is 0 Å². The minimum absolute atomic E-state index is 0.0292. The maximum Gasteiger partial charge on any atom is 0.220 e. The molecule has 4 atom stereocenters. The van der Waals surface area contributed by atoms with Gasteiger partial charge in [-0.05, 0) is 37.0 Å². The van der Waals surface area contributed by atoms with E-state index in [1.165, 1.54) is 32.4 Å². The lowest BCUT2D eigenvalue weighted by Crippen LogP contribution is -3.20. The average Bonchev–Trinajstić information content (AvgIpc) is 3.00. The van der Waals surface area contributed by atoms with E-state index in [4.69, 9.17) is 0 Å². The number of carbonyl (C=O) groups is 2. The van der Waals surface area contributed by atoms with Crippen molar-refractivity contribution in [2.24, 2.45) is 17.3 Å². The SMILES string of the molecule is CC[C@H]1C[NH+]2CC[C@@H]1C[C@@H]2CNC(=O)CC1(CC(=O)[O-])CCCC1. The van der Waals surface area contributed by atoms with E-state index in [-0.39, 0.29) is 17.7 Å². The molecule has 1 saturated carbocycles. The van der Waals surface area contributed by atoms with Gasteiger partial charge >= 0.3 is 0 Å². The summed E-state index contributed by atoms with van der Waals surface area (Å²) in [6.45, 7) is 5.55. The van der Waals surface area contributed by atoms with E-state index in [2.05, 4.69) is 12.2 Å². The summed E-state index contributed by atoms with van der Waals surface area (Å²) in [4.78, 5) is 25.1. The molecule has 2 bridgehead atoms. The minimum Gasteiger partial charge on any atom is -0.550 e. The third-order valence-corrected chi connectivity index (χ3v) is 6.98. The van der Waals surface area contributed by atoms with Gasteiger partial charge in [-0.15, -0.1) is 0 Å². The van der Waals surface area contributed by atoms with Crippen molar-refractivity contribution in [1.82, 2.24) is 5.32 Å². The van der Waals surface area contributed by atoms with Gasteiger partial charge in [0, 0.05) is 31.1 Å². The molecule has 1 unspecified atom stereocenters. The summed E-state index contributed by atoms with van der Waals surface area (Å²) in [5.74, 6) is 0.724. The van der Waals surface area contributed by atoms with Crippen LogP contribution in [0.3, 0.4) is 0 Å². The molecular weight excluding hydrogens is 304 g/mol. The molecule has 3 heterocycles. The van der Waals surface area contributed by atoms with Gasteiger partial charge in [-0.25, -0.2) is 0 Å². The number of aliphatic carboxylic acids is 1. The summed E-state index contributed by atoms with van der Waals surface area (Å²) in [5, 5.41) is 14.2. The minimum atomic E-state index is -1.02. The molecule has 2 N–H and O–H groups in total. The number of hydrogen-bond acceptors (Lipinski definition) is 3. The normalized spacial score (nSPS) is 34.2. The molecule has 0 aromatic heterocycles. The number of carbonyl (C=O) groups excluding carboxylic acids is 2. The monoisotopic (exact) mass is 336 g/mol. The molecule has 3 aliphatic heterocycles. The van der Waals surface area contributed by atoms with E-state index in [0.717, 1.165) is 44.1 Å². The lowest BCUT2D eigenvalue weighted by Gasteiger charge is -2.46. The summed E-state index contributed by atoms with van der Waals surface area (Å²) in [6.07, 6.45) is 7.98. The number of rotatable bonds is 7. The number of piperidine rings is 3. The summed E-state index contributed by atoms with van der Waals surface area (Å²) in [5.41, 5.74) is -0.352. The highest BCUT2D eigenvalue weighted by Gasteiger charge is 2.43. The number of carboxylic acids is 1. The first-order chi connectivity index (χ1) is 11.5. The van der Waals surface area contributed by atoms with Crippen molar-refractivity contribution in [2.45, 2.75) is 70.8 Å². The first-order valence-corrected chi connectivity index (χ1v) is 9.82. The lowest BCUT2D eigenvalue weighted by molar-refractivity contribution is -0.945. The molecule has 4 aliphatic rings. The van der Waals surface area contributed by atoms with E-state index in [0.29, 0.717) is 12.5 Å². The van der Waals surface area contributed by atoms with Gasteiger partial charge in [0.25, 0.3) is 0 Å². The van der Waals surface area contributed by atoms with Crippen LogP contribution in [0.15, 0.2) is 0 Å². The third kappa shape index (κ3) is 3.93. The van der Waals surface area contributed by atoms with Crippen LogP contribution in [0.5, 0.6) is 0 Å². The van der Waals surface area contributed by atoms with Crippen LogP contribution in [0, 0.1) is 17.3 Å². The van der Waals surface area contributed by atoms with E-state index >= 15 is 0 Å². The zero-order chi connectivity index (χ0) is 17.2. The van der Waals surface area contributed by atoms with E-state index in [1.54, 1.807) is 4.90 Å². The summed E-state index contributed by atoms with van der Waals surface area (Å²) in [7, 11) is 0. The Bertz CT molecular complexity index is 473. The van der Waals surface area contributed by atoms with Crippen LogP contribution in [-0.4, -0.2) is 37.6 Å². The van der Waals surface area contributed by atoms with Crippen molar-refractivity contribution in [1.29, 1.82) is 0 Å². The molecule has 0 radical (unpaired) electrons. The molecule has 24 heavy (non-hydrogen) atoms. The standard InChI is InChI=1S/C19H32N2O3/c1-2-14-13-21-8-5-15(14)9-16(21)12-20-17(22)10-19(11-18(23)24)6-3-4-7-19/h14-16H,2-13H2,1H3,(H,20,22)(H,23,24)/t14-,15+,16+/m0/s1. The molecule has 5 heteroatoms. The fourth-order valence-electron chi connectivity index (χ4n) is 5.62. The van der Waals surface area contributed by atoms with Crippen molar-refractivity contribution in [3.05, 3.63) is 0 Å². The molecule has 1 amide bonds. The molecular formula is C19H32N2O3. The second-order valence-corrected chi connectivity index (χ2v) is 8.50. The van der Waals surface area contributed by atoms with Crippen LogP contribution in [0.4, 0.5) is 0 Å². The van der Waals surface area contributed by atoms with Crippen LogP contribution < -0.4 is 15.3 Å². The summed E-state index contributed by atoms with van der Waals surface area (Å²) < 4.78 is 0. The molecule has 4 fully saturated rings. The van der Waals surface area contributed by atoms with Crippen molar-refractivity contribution in [3.63, 3.8) is 0 Å². The molecule has 3 saturated heterocycles. The predicted molar refractivity (Wildman–Crippen MR) is 89.1 cm³/mol. The van der Waals surface area contributed by atoms with E-state index < -0.39 is 5.97 Å². The Morgan fingerprint density at radius 1 is 1.25 bits per heavy atom. The largest absolute Gasteiger partial charge is 0.550 e. The Labute approximate surface area is 145 Å². The van der Waals surface area contributed by atoms with Crippen LogP contribution in [-0.2, 0) is 9.59 Å². The van der Waals surface area contributed by atoms with Gasteiger partial charge in [0.2, 0.25) is 5.91 Å². The first kappa shape index (κ1) is 17.7. The molecule has 0 aromatic carbocycles. The van der Waals surface area contributed by atoms with Crippen molar-refractivity contribution in [3.8, 4) is 0 Å².